The van der Waals surface area contributed by atoms with E-state index in [1.54, 1.807) is 6.92 Å². The fraction of sp³-hybridized carbons (Fsp3) is 0.273. The molecule has 2 aromatic heterocycles. The molecule has 0 unspecified atom stereocenters. The number of hydrogen-bond donors (Lipinski definition) is 2. The zero-order chi connectivity index (χ0) is 15.4. The van der Waals surface area contributed by atoms with Crippen molar-refractivity contribution < 1.29 is 14.8 Å². The Morgan fingerprint density at radius 2 is 2.33 bits per heavy atom. The van der Waals surface area contributed by atoms with Crippen LogP contribution in [-0.2, 0) is 6.54 Å². The Hall–Kier alpha value is -3.04. The van der Waals surface area contributed by atoms with Gasteiger partial charge in [-0.25, -0.2) is 14.5 Å². The lowest BCUT2D eigenvalue weighted by atomic mass is 10.2. The number of hydrogen-bond acceptors (Lipinski definition) is 7. The molecule has 2 heterocycles. The molecule has 2 rings (SSSR count). The van der Waals surface area contributed by atoms with Gasteiger partial charge in [0.15, 0.2) is 5.69 Å². The van der Waals surface area contributed by atoms with Crippen LogP contribution in [0.25, 0.3) is 0 Å². The van der Waals surface area contributed by atoms with Gasteiger partial charge < -0.3 is 10.4 Å². The summed E-state index contributed by atoms with van der Waals surface area (Å²) in [5.74, 6) is -0.782. The maximum atomic E-state index is 10.8. The molecule has 0 aliphatic carbocycles. The largest absolute Gasteiger partial charge is 0.476 e. The molecule has 0 saturated carbocycles. The van der Waals surface area contributed by atoms with Crippen LogP contribution in [-0.4, -0.2) is 42.5 Å². The number of pyridine rings is 1. The highest BCUT2D eigenvalue weighted by Gasteiger charge is 2.12. The number of rotatable bonds is 6. The van der Waals surface area contributed by atoms with Crippen molar-refractivity contribution in [3.63, 3.8) is 0 Å². The van der Waals surface area contributed by atoms with Crippen molar-refractivity contribution >= 4 is 17.5 Å². The Morgan fingerprint density at radius 3 is 2.95 bits per heavy atom. The van der Waals surface area contributed by atoms with Crippen LogP contribution in [0.5, 0.6) is 0 Å². The smallest absolute Gasteiger partial charge is 0.358 e. The Bertz CT molecular complexity index is 683. The maximum absolute atomic E-state index is 10.8. The Balaban J connectivity index is 1.95. The maximum Gasteiger partial charge on any atom is 0.358 e. The molecule has 0 spiro atoms. The van der Waals surface area contributed by atoms with Crippen LogP contribution < -0.4 is 5.32 Å². The number of anilines is 1. The number of nitrogens with zero attached hydrogens (tertiary/aromatic N) is 5. The fourth-order valence-corrected chi connectivity index (χ4v) is 1.61. The van der Waals surface area contributed by atoms with Gasteiger partial charge in [-0.05, 0) is 6.92 Å². The highest BCUT2D eigenvalue weighted by molar-refractivity contribution is 5.84. The number of aromatic carboxylic acids is 1. The van der Waals surface area contributed by atoms with E-state index in [2.05, 4.69) is 20.6 Å². The first-order valence-corrected chi connectivity index (χ1v) is 5.95. The Labute approximate surface area is 118 Å². The summed E-state index contributed by atoms with van der Waals surface area (Å²) < 4.78 is 1.36. The van der Waals surface area contributed by atoms with Gasteiger partial charge in [-0.1, -0.05) is 5.21 Å². The molecule has 0 saturated heterocycles. The molecule has 0 bridgehead atoms. The molecule has 2 aromatic rings. The van der Waals surface area contributed by atoms with Crippen LogP contribution in [0.15, 0.2) is 18.5 Å². The molecule has 10 nitrogen and oxygen atoms in total. The molecule has 0 amide bonds. The molecule has 0 fully saturated rings. The van der Waals surface area contributed by atoms with E-state index in [0.717, 1.165) is 0 Å². The van der Waals surface area contributed by atoms with Gasteiger partial charge in [-0.15, -0.1) is 5.10 Å². The molecule has 10 heteroatoms. The predicted molar refractivity (Wildman–Crippen MR) is 71.1 cm³/mol. The molecule has 21 heavy (non-hydrogen) atoms. The monoisotopic (exact) mass is 292 g/mol. The third-order valence-electron chi connectivity index (χ3n) is 2.68. The summed E-state index contributed by atoms with van der Waals surface area (Å²) in [6.07, 6.45) is 2.72. The standard InChI is InChI=1S/C11H12N6O4/c1-7-5-13-10(4-9(7)17(20)21)12-2-3-16-6-8(11(18)19)14-15-16/h4-6H,2-3H2,1H3,(H,12,13)(H,18,19). The molecular weight excluding hydrogens is 280 g/mol. The van der Waals surface area contributed by atoms with E-state index in [1.165, 1.54) is 23.1 Å². The van der Waals surface area contributed by atoms with Gasteiger partial charge in [0.05, 0.1) is 23.7 Å². The zero-order valence-electron chi connectivity index (χ0n) is 11.1. The lowest BCUT2D eigenvalue weighted by molar-refractivity contribution is -0.385. The van der Waals surface area contributed by atoms with Gasteiger partial charge >= 0.3 is 5.97 Å². The summed E-state index contributed by atoms with van der Waals surface area (Å²) in [5.41, 5.74) is 0.327. The summed E-state index contributed by atoms with van der Waals surface area (Å²) in [4.78, 5) is 25.0. The second kappa shape index (κ2) is 5.94. The highest BCUT2D eigenvalue weighted by Crippen LogP contribution is 2.19. The summed E-state index contributed by atoms with van der Waals surface area (Å²) in [6, 6.07) is 1.35. The molecular formula is C11H12N6O4. The number of carboxylic acids is 1. The van der Waals surface area contributed by atoms with E-state index >= 15 is 0 Å². The third kappa shape index (κ3) is 3.49. The van der Waals surface area contributed by atoms with Crippen molar-refractivity contribution in [3.8, 4) is 0 Å². The van der Waals surface area contributed by atoms with Gasteiger partial charge in [0.2, 0.25) is 0 Å². The topological polar surface area (TPSA) is 136 Å². The van der Waals surface area contributed by atoms with Crippen LogP contribution in [0.2, 0.25) is 0 Å². The SMILES string of the molecule is Cc1cnc(NCCn2cc(C(=O)O)nn2)cc1[N+](=O)[O-]. The van der Waals surface area contributed by atoms with E-state index < -0.39 is 10.9 Å². The fourth-order valence-electron chi connectivity index (χ4n) is 1.61. The number of aryl methyl sites for hydroxylation is 1. The van der Waals surface area contributed by atoms with Crippen LogP contribution in [0, 0.1) is 17.0 Å². The van der Waals surface area contributed by atoms with Crippen molar-refractivity contribution in [2.45, 2.75) is 13.5 Å². The third-order valence-corrected chi connectivity index (χ3v) is 2.68. The number of nitrogens with one attached hydrogen (secondary N) is 1. The van der Waals surface area contributed by atoms with Crippen molar-refractivity contribution in [3.05, 3.63) is 39.8 Å². The first-order valence-electron chi connectivity index (χ1n) is 5.95. The summed E-state index contributed by atoms with van der Waals surface area (Å²) in [5, 5.41) is 29.5. The molecule has 0 aliphatic heterocycles. The predicted octanol–water partition coefficient (Wildman–Crippen LogP) is 0.700. The summed E-state index contributed by atoms with van der Waals surface area (Å²) in [7, 11) is 0. The zero-order valence-corrected chi connectivity index (χ0v) is 11.1. The average Bonchev–Trinajstić information content (AvgIpc) is 2.89. The van der Waals surface area contributed by atoms with Crippen molar-refractivity contribution in [2.75, 3.05) is 11.9 Å². The normalized spacial score (nSPS) is 10.3. The first kappa shape index (κ1) is 14.4. The minimum absolute atomic E-state index is 0.0126. The van der Waals surface area contributed by atoms with Crippen LogP contribution in [0.3, 0.4) is 0 Å². The van der Waals surface area contributed by atoms with Crippen LogP contribution >= 0.6 is 0 Å². The van der Waals surface area contributed by atoms with E-state index in [0.29, 0.717) is 24.5 Å². The number of aromatic nitrogens is 4. The van der Waals surface area contributed by atoms with Crippen molar-refractivity contribution in [1.82, 2.24) is 20.0 Å². The molecule has 0 aromatic carbocycles. The molecule has 0 radical (unpaired) electrons. The lowest BCUT2D eigenvalue weighted by Gasteiger charge is -2.05. The molecule has 0 aliphatic rings. The lowest BCUT2D eigenvalue weighted by Crippen LogP contribution is -2.12. The Kier molecular flexibility index (Phi) is 4.07. The van der Waals surface area contributed by atoms with Crippen LogP contribution in [0.4, 0.5) is 11.5 Å². The summed E-state index contributed by atoms with van der Waals surface area (Å²) >= 11 is 0. The van der Waals surface area contributed by atoms with Crippen LogP contribution in [0.1, 0.15) is 16.1 Å². The van der Waals surface area contributed by atoms with Gasteiger partial charge in [-0.3, -0.25) is 10.1 Å². The van der Waals surface area contributed by atoms with Gasteiger partial charge in [0, 0.05) is 18.3 Å². The first-order chi connectivity index (χ1) is 9.97. The van der Waals surface area contributed by atoms with Crippen molar-refractivity contribution in [1.29, 1.82) is 0 Å². The van der Waals surface area contributed by atoms with E-state index in [1.807, 2.05) is 0 Å². The molecule has 2 N–H and O–H groups in total. The second-order valence-corrected chi connectivity index (χ2v) is 4.21. The minimum Gasteiger partial charge on any atom is -0.476 e. The van der Waals surface area contributed by atoms with Crippen molar-refractivity contribution in [2.24, 2.45) is 0 Å². The number of carbonyl (C=O) groups is 1. The highest BCUT2D eigenvalue weighted by atomic mass is 16.6. The van der Waals surface area contributed by atoms with E-state index in [9.17, 15) is 14.9 Å². The molecule has 110 valence electrons. The summed E-state index contributed by atoms with van der Waals surface area (Å²) in [6.45, 7) is 2.33. The quantitative estimate of drug-likeness (QED) is 0.586. The van der Waals surface area contributed by atoms with Gasteiger partial charge in [-0.2, -0.15) is 0 Å². The Morgan fingerprint density at radius 1 is 1.57 bits per heavy atom. The van der Waals surface area contributed by atoms with E-state index in [-0.39, 0.29) is 11.4 Å². The number of nitro groups is 1. The average molecular weight is 292 g/mol. The number of carboxylic acid groups (broad SMARTS) is 1. The van der Waals surface area contributed by atoms with Gasteiger partial charge in [0.1, 0.15) is 5.82 Å². The van der Waals surface area contributed by atoms with Gasteiger partial charge in [0.25, 0.3) is 5.69 Å². The second-order valence-electron chi connectivity index (χ2n) is 4.21. The minimum atomic E-state index is -1.15. The molecule has 0 atom stereocenters. The van der Waals surface area contributed by atoms with E-state index in [4.69, 9.17) is 5.11 Å².